The standard InChI is InChI=1S/C14H24N4O2S/c1-3-18-8-4-5-12(18)10-17(2)13-7-6-11(15)9-14(13)21(16,19)20/h6-7,9,12H,3-5,8,10,15H2,1-2H3,(H2,16,19,20). The van der Waals surface area contributed by atoms with Crippen molar-refractivity contribution in [3.63, 3.8) is 0 Å². The number of likely N-dealkylation sites (N-methyl/N-ethyl adjacent to an activating group) is 2. The Bertz CT molecular complexity index is 603. The Labute approximate surface area is 126 Å². The lowest BCUT2D eigenvalue weighted by Gasteiger charge is -2.30. The summed E-state index contributed by atoms with van der Waals surface area (Å²) in [6, 6.07) is 5.30. The molecule has 6 nitrogen and oxygen atoms in total. The van der Waals surface area contributed by atoms with Gasteiger partial charge in [0.25, 0.3) is 0 Å². The van der Waals surface area contributed by atoms with Crippen molar-refractivity contribution in [2.45, 2.75) is 30.7 Å². The molecule has 1 fully saturated rings. The average molecular weight is 312 g/mol. The highest BCUT2D eigenvalue weighted by atomic mass is 32.2. The molecule has 0 amide bonds. The van der Waals surface area contributed by atoms with Gasteiger partial charge in [0, 0.05) is 25.3 Å². The van der Waals surface area contributed by atoms with Gasteiger partial charge in [0.1, 0.15) is 4.90 Å². The fourth-order valence-electron chi connectivity index (χ4n) is 3.01. The second kappa shape index (κ2) is 6.21. The van der Waals surface area contributed by atoms with Gasteiger partial charge in [-0.3, -0.25) is 4.90 Å². The van der Waals surface area contributed by atoms with E-state index in [0.29, 0.717) is 17.4 Å². The summed E-state index contributed by atoms with van der Waals surface area (Å²) in [5.74, 6) is 0. The van der Waals surface area contributed by atoms with Gasteiger partial charge in [0.15, 0.2) is 0 Å². The summed E-state index contributed by atoms with van der Waals surface area (Å²) in [7, 11) is -1.89. The molecule has 1 aromatic carbocycles. The van der Waals surface area contributed by atoms with E-state index in [2.05, 4.69) is 11.8 Å². The number of nitrogens with zero attached hydrogens (tertiary/aromatic N) is 2. The van der Waals surface area contributed by atoms with Crippen LogP contribution in [0.4, 0.5) is 11.4 Å². The lowest BCUT2D eigenvalue weighted by molar-refractivity contribution is 0.270. The molecule has 1 saturated heterocycles. The number of hydrogen-bond acceptors (Lipinski definition) is 5. The third-order valence-electron chi connectivity index (χ3n) is 4.09. The topological polar surface area (TPSA) is 92.7 Å². The molecule has 1 aliphatic heterocycles. The van der Waals surface area contributed by atoms with Crippen molar-refractivity contribution in [3.05, 3.63) is 18.2 Å². The lowest BCUT2D eigenvalue weighted by atomic mass is 10.2. The molecular formula is C14H24N4O2S. The van der Waals surface area contributed by atoms with Gasteiger partial charge in [-0.25, -0.2) is 13.6 Å². The summed E-state index contributed by atoms with van der Waals surface area (Å²) in [5.41, 5.74) is 6.69. The number of likely N-dealkylation sites (tertiary alicyclic amines) is 1. The molecule has 1 heterocycles. The predicted octanol–water partition coefficient (Wildman–Crippen LogP) is 0.837. The van der Waals surface area contributed by atoms with Gasteiger partial charge in [-0.15, -0.1) is 0 Å². The zero-order chi connectivity index (χ0) is 15.6. The zero-order valence-corrected chi connectivity index (χ0v) is 13.4. The minimum Gasteiger partial charge on any atom is -0.399 e. The second-order valence-electron chi connectivity index (χ2n) is 5.58. The van der Waals surface area contributed by atoms with Gasteiger partial charge in [-0.2, -0.15) is 0 Å². The van der Waals surface area contributed by atoms with Crippen LogP contribution in [0, 0.1) is 0 Å². The third kappa shape index (κ3) is 3.66. The van der Waals surface area contributed by atoms with Gasteiger partial charge < -0.3 is 10.6 Å². The van der Waals surface area contributed by atoms with Crippen LogP contribution in [0.25, 0.3) is 0 Å². The van der Waals surface area contributed by atoms with Crippen molar-refractivity contribution in [2.75, 3.05) is 37.3 Å². The summed E-state index contributed by atoms with van der Waals surface area (Å²) in [6.45, 7) is 5.05. The Morgan fingerprint density at radius 2 is 2.14 bits per heavy atom. The summed E-state index contributed by atoms with van der Waals surface area (Å²) in [6.07, 6.45) is 2.33. The minimum absolute atomic E-state index is 0.0889. The van der Waals surface area contributed by atoms with E-state index in [-0.39, 0.29) is 4.90 Å². The van der Waals surface area contributed by atoms with E-state index in [0.717, 1.165) is 26.1 Å². The minimum atomic E-state index is -3.79. The van der Waals surface area contributed by atoms with Crippen molar-refractivity contribution >= 4 is 21.4 Å². The van der Waals surface area contributed by atoms with Crippen LogP contribution >= 0.6 is 0 Å². The van der Waals surface area contributed by atoms with Gasteiger partial charge in [-0.05, 0) is 44.1 Å². The Morgan fingerprint density at radius 1 is 1.43 bits per heavy atom. The largest absolute Gasteiger partial charge is 0.399 e. The second-order valence-corrected chi connectivity index (χ2v) is 7.11. The maximum Gasteiger partial charge on any atom is 0.240 e. The Hall–Kier alpha value is -1.31. The van der Waals surface area contributed by atoms with Gasteiger partial charge in [0.2, 0.25) is 10.0 Å². The third-order valence-corrected chi connectivity index (χ3v) is 5.03. The van der Waals surface area contributed by atoms with Crippen LogP contribution in [-0.2, 0) is 10.0 Å². The molecule has 4 N–H and O–H groups in total. The lowest BCUT2D eigenvalue weighted by Crippen LogP contribution is -2.39. The van der Waals surface area contributed by atoms with Crippen LogP contribution < -0.4 is 15.8 Å². The molecule has 1 unspecified atom stereocenters. The van der Waals surface area contributed by atoms with Crippen LogP contribution in [0.3, 0.4) is 0 Å². The highest BCUT2D eigenvalue weighted by molar-refractivity contribution is 7.89. The van der Waals surface area contributed by atoms with E-state index < -0.39 is 10.0 Å². The molecule has 0 radical (unpaired) electrons. The van der Waals surface area contributed by atoms with Crippen LogP contribution in [-0.4, -0.2) is 46.0 Å². The molecule has 1 aromatic rings. The fourth-order valence-corrected chi connectivity index (χ4v) is 3.82. The van der Waals surface area contributed by atoms with Crippen molar-refractivity contribution < 1.29 is 8.42 Å². The van der Waals surface area contributed by atoms with E-state index >= 15 is 0 Å². The molecule has 0 aromatic heterocycles. The van der Waals surface area contributed by atoms with Crippen LogP contribution in [0.1, 0.15) is 19.8 Å². The van der Waals surface area contributed by atoms with Crippen molar-refractivity contribution in [3.8, 4) is 0 Å². The molecule has 7 heteroatoms. The molecular weight excluding hydrogens is 288 g/mol. The van der Waals surface area contributed by atoms with E-state index in [1.165, 1.54) is 12.5 Å². The molecule has 2 rings (SSSR count). The van der Waals surface area contributed by atoms with Crippen molar-refractivity contribution in [1.82, 2.24) is 4.90 Å². The Balaban J connectivity index is 2.25. The first-order valence-electron chi connectivity index (χ1n) is 7.20. The maximum absolute atomic E-state index is 11.8. The SMILES string of the molecule is CCN1CCCC1CN(C)c1ccc(N)cc1S(N)(=O)=O. The van der Waals surface area contributed by atoms with Crippen LogP contribution in [0.15, 0.2) is 23.1 Å². The van der Waals surface area contributed by atoms with E-state index in [9.17, 15) is 8.42 Å². The number of sulfonamides is 1. The molecule has 0 spiro atoms. The number of rotatable bonds is 5. The first kappa shape index (κ1) is 16.1. The maximum atomic E-state index is 11.8. The van der Waals surface area contributed by atoms with E-state index in [1.807, 2.05) is 11.9 Å². The Morgan fingerprint density at radius 3 is 2.76 bits per heavy atom. The summed E-state index contributed by atoms with van der Waals surface area (Å²) in [4.78, 5) is 4.47. The van der Waals surface area contributed by atoms with Gasteiger partial charge in [0.05, 0.1) is 5.69 Å². The summed E-state index contributed by atoms with van der Waals surface area (Å²) < 4.78 is 23.5. The number of anilines is 2. The zero-order valence-electron chi connectivity index (χ0n) is 12.6. The highest BCUT2D eigenvalue weighted by Crippen LogP contribution is 2.27. The summed E-state index contributed by atoms with van der Waals surface area (Å²) in [5, 5.41) is 5.31. The molecule has 118 valence electrons. The smallest absolute Gasteiger partial charge is 0.240 e. The number of nitrogen functional groups attached to an aromatic ring is 1. The molecule has 0 bridgehead atoms. The quantitative estimate of drug-likeness (QED) is 0.786. The molecule has 0 aliphatic carbocycles. The van der Waals surface area contributed by atoms with E-state index in [1.54, 1.807) is 12.1 Å². The number of primary sulfonamides is 1. The average Bonchev–Trinajstić information content (AvgIpc) is 2.84. The number of nitrogens with two attached hydrogens (primary N) is 2. The first-order valence-corrected chi connectivity index (χ1v) is 8.75. The van der Waals surface area contributed by atoms with Crippen LogP contribution in [0.5, 0.6) is 0 Å². The van der Waals surface area contributed by atoms with Crippen molar-refractivity contribution in [2.24, 2.45) is 5.14 Å². The molecule has 0 saturated carbocycles. The molecule has 1 atom stereocenters. The fraction of sp³-hybridized carbons (Fsp3) is 0.571. The van der Waals surface area contributed by atoms with Crippen LogP contribution in [0.2, 0.25) is 0 Å². The molecule has 1 aliphatic rings. The van der Waals surface area contributed by atoms with Gasteiger partial charge >= 0.3 is 0 Å². The number of benzene rings is 1. The highest BCUT2D eigenvalue weighted by Gasteiger charge is 2.26. The molecule has 21 heavy (non-hydrogen) atoms. The van der Waals surface area contributed by atoms with Crippen molar-refractivity contribution in [1.29, 1.82) is 0 Å². The normalized spacial score (nSPS) is 19.9. The summed E-state index contributed by atoms with van der Waals surface area (Å²) >= 11 is 0. The predicted molar refractivity (Wildman–Crippen MR) is 85.8 cm³/mol. The Kier molecular flexibility index (Phi) is 4.75. The van der Waals surface area contributed by atoms with Gasteiger partial charge in [-0.1, -0.05) is 6.92 Å². The number of hydrogen-bond donors (Lipinski definition) is 2. The monoisotopic (exact) mass is 312 g/mol. The van der Waals surface area contributed by atoms with E-state index in [4.69, 9.17) is 10.9 Å². The first-order chi connectivity index (χ1) is 9.82.